The predicted molar refractivity (Wildman–Crippen MR) is 133 cm³/mol. The van der Waals surface area contributed by atoms with Crippen LogP contribution in [0.3, 0.4) is 0 Å². The normalized spacial score (nSPS) is 14.1. The lowest BCUT2D eigenvalue weighted by Gasteiger charge is -2.33. The van der Waals surface area contributed by atoms with Crippen LogP contribution in [0.2, 0.25) is 0 Å². The monoisotopic (exact) mass is 460 g/mol. The first-order valence-corrected chi connectivity index (χ1v) is 11.7. The average Bonchev–Trinajstić information content (AvgIpc) is 2.85. The van der Waals surface area contributed by atoms with Gasteiger partial charge in [0.1, 0.15) is 11.6 Å². The number of carbonyl (C=O) groups is 1. The number of ether oxygens (including phenoxy) is 1. The van der Waals surface area contributed by atoms with E-state index in [1.807, 2.05) is 30.3 Å². The summed E-state index contributed by atoms with van der Waals surface area (Å²) in [5.74, 6) is 2.24. The van der Waals surface area contributed by atoms with Gasteiger partial charge in [-0.2, -0.15) is 0 Å². The molecule has 0 unspecified atom stereocenters. The maximum absolute atomic E-state index is 11.3. The number of aryl methyl sites for hydroxylation is 1. The van der Waals surface area contributed by atoms with Crippen LogP contribution in [0.4, 0.5) is 5.82 Å². The molecule has 0 N–H and O–H groups in total. The van der Waals surface area contributed by atoms with Crippen molar-refractivity contribution in [1.82, 2.24) is 24.8 Å². The van der Waals surface area contributed by atoms with E-state index in [1.165, 1.54) is 0 Å². The van der Waals surface area contributed by atoms with E-state index in [1.54, 1.807) is 31.3 Å². The van der Waals surface area contributed by atoms with E-state index >= 15 is 0 Å². The first kappa shape index (κ1) is 23.6. The van der Waals surface area contributed by atoms with E-state index in [0.29, 0.717) is 18.2 Å². The number of likely N-dealkylation sites (N-methyl/N-ethyl adjacent to an activating group) is 1. The molecule has 178 valence electrons. The molecule has 8 heteroatoms. The van der Waals surface area contributed by atoms with Crippen LogP contribution in [0.25, 0.3) is 11.3 Å². The summed E-state index contributed by atoms with van der Waals surface area (Å²) in [4.78, 5) is 31.4. The number of rotatable bonds is 8. The molecule has 2 aromatic heterocycles. The number of hydrogen-bond donors (Lipinski definition) is 0. The van der Waals surface area contributed by atoms with E-state index in [0.717, 1.165) is 61.8 Å². The largest absolute Gasteiger partial charge is 0.437 e. The van der Waals surface area contributed by atoms with Gasteiger partial charge in [0, 0.05) is 58.5 Å². The van der Waals surface area contributed by atoms with E-state index in [4.69, 9.17) is 9.72 Å². The summed E-state index contributed by atoms with van der Waals surface area (Å²) in [7, 11) is 3.96. The molecule has 8 nitrogen and oxygen atoms in total. The summed E-state index contributed by atoms with van der Waals surface area (Å²) in [6.07, 6.45) is 4.90. The van der Waals surface area contributed by atoms with Crippen molar-refractivity contribution < 1.29 is 9.53 Å². The van der Waals surface area contributed by atoms with Crippen molar-refractivity contribution in [3.63, 3.8) is 0 Å². The molecule has 1 aliphatic heterocycles. The Morgan fingerprint density at radius 3 is 2.53 bits per heavy atom. The molecule has 0 aliphatic carbocycles. The fraction of sp³-hybridized carbons (Fsp3) is 0.385. The zero-order valence-corrected chi connectivity index (χ0v) is 20.1. The lowest BCUT2D eigenvalue weighted by molar-refractivity contribution is -0.127. The smallest absolute Gasteiger partial charge is 0.238 e. The van der Waals surface area contributed by atoms with Gasteiger partial charge in [-0.05, 0) is 56.3 Å². The van der Waals surface area contributed by atoms with Crippen LogP contribution in [0.15, 0.2) is 54.9 Å². The Morgan fingerprint density at radius 2 is 1.79 bits per heavy atom. The number of pyridine rings is 1. The van der Waals surface area contributed by atoms with Gasteiger partial charge in [0.2, 0.25) is 11.8 Å². The van der Waals surface area contributed by atoms with Crippen molar-refractivity contribution in [3.8, 4) is 22.9 Å². The van der Waals surface area contributed by atoms with Crippen LogP contribution in [0, 0.1) is 0 Å². The van der Waals surface area contributed by atoms with Crippen LogP contribution in [0.5, 0.6) is 11.6 Å². The SMILES string of the molecule is CC(=O)N(C)CCCc1cncc(Oc2ccc(-c3cccc(N4CCN(C)CC4)n3)cc2)n1. The Hall–Kier alpha value is -3.52. The molecule has 1 aliphatic rings. The molecule has 0 atom stereocenters. The highest BCUT2D eigenvalue weighted by atomic mass is 16.5. The topological polar surface area (TPSA) is 74.7 Å². The molecule has 0 spiro atoms. The quantitative estimate of drug-likeness (QED) is 0.509. The third kappa shape index (κ3) is 6.29. The number of nitrogens with zero attached hydrogens (tertiary/aromatic N) is 6. The minimum absolute atomic E-state index is 0.0628. The number of piperazine rings is 1. The minimum Gasteiger partial charge on any atom is -0.437 e. The number of anilines is 1. The summed E-state index contributed by atoms with van der Waals surface area (Å²) in [6.45, 7) is 6.35. The molecule has 3 aromatic rings. The highest BCUT2D eigenvalue weighted by Gasteiger charge is 2.15. The van der Waals surface area contributed by atoms with Crippen molar-refractivity contribution >= 4 is 11.7 Å². The molecule has 0 bridgehead atoms. The summed E-state index contributed by atoms with van der Waals surface area (Å²) in [5, 5.41) is 0. The number of carbonyl (C=O) groups excluding carboxylic acids is 1. The summed E-state index contributed by atoms with van der Waals surface area (Å²) in [5.41, 5.74) is 2.83. The number of amides is 1. The van der Waals surface area contributed by atoms with Crippen molar-refractivity contribution in [1.29, 1.82) is 0 Å². The lowest BCUT2D eigenvalue weighted by Crippen LogP contribution is -2.44. The van der Waals surface area contributed by atoms with E-state index in [9.17, 15) is 4.79 Å². The second-order valence-corrected chi connectivity index (χ2v) is 8.69. The zero-order chi connectivity index (χ0) is 23.9. The Kier molecular flexibility index (Phi) is 7.69. The van der Waals surface area contributed by atoms with Gasteiger partial charge in [-0.25, -0.2) is 9.97 Å². The van der Waals surface area contributed by atoms with Gasteiger partial charge in [0.05, 0.1) is 17.6 Å². The molecule has 1 amide bonds. The molecule has 3 heterocycles. The Balaban J connectivity index is 1.37. The maximum Gasteiger partial charge on any atom is 0.238 e. The molecule has 0 radical (unpaired) electrons. The second kappa shape index (κ2) is 11.1. The van der Waals surface area contributed by atoms with Gasteiger partial charge in [0.25, 0.3) is 0 Å². The Bertz CT molecular complexity index is 1100. The second-order valence-electron chi connectivity index (χ2n) is 8.69. The minimum atomic E-state index is 0.0628. The molecular formula is C26H32N6O2. The standard InChI is InChI=1S/C26H32N6O2/c1-20(33)31(3)13-5-6-22-18-27-19-26(28-22)34-23-11-9-21(10-12-23)24-7-4-8-25(29-24)32-16-14-30(2)15-17-32/h4,7-12,18-19H,5-6,13-17H2,1-3H3. The number of hydrogen-bond acceptors (Lipinski definition) is 7. The molecular weight excluding hydrogens is 428 g/mol. The highest BCUT2D eigenvalue weighted by Crippen LogP contribution is 2.26. The summed E-state index contributed by atoms with van der Waals surface area (Å²) in [6, 6.07) is 14.1. The van der Waals surface area contributed by atoms with Crippen LogP contribution < -0.4 is 9.64 Å². The first-order valence-electron chi connectivity index (χ1n) is 11.7. The molecule has 34 heavy (non-hydrogen) atoms. The highest BCUT2D eigenvalue weighted by molar-refractivity contribution is 5.72. The maximum atomic E-state index is 11.3. The number of benzene rings is 1. The van der Waals surface area contributed by atoms with Crippen molar-refractivity contribution in [2.75, 3.05) is 51.7 Å². The van der Waals surface area contributed by atoms with Gasteiger partial charge in [-0.15, -0.1) is 0 Å². The summed E-state index contributed by atoms with van der Waals surface area (Å²) >= 11 is 0. The first-order chi connectivity index (χ1) is 16.5. The van der Waals surface area contributed by atoms with Crippen LogP contribution in [0.1, 0.15) is 19.0 Å². The fourth-order valence-corrected chi connectivity index (χ4v) is 3.82. The Labute approximate surface area is 201 Å². The van der Waals surface area contributed by atoms with Gasteiger partial charge in [0.15, 0.2) is 0 Å². The van der Waals surface area contributed by atoms with Crippen LogP contribution >= 0.6 is 0 Å². The average molecular weight is 461 g/mol. The molecule has 0 saturated carbocycles. The lowest BCUT2D eigenvalue weighted by atomic mass is 10.1. The van der Waals surface area contributed by atoms with Crippen molar-refractivity contribution in [3.05, 3.63) is 60.6 Å². The Morgan fingerprint density at radius 1 is 1.03 bits per heavy atom. The van der Waals surface area contributed by atoms with Crippen LogP contribution in [-0.4, -0.2) is 77.5 Å². The predicted octanol–water partition coefficient (Wildman–Crippen LogP) is 3.49. The third-order valence-corrected chi connectivity index (χ3v) is 6.06. The molecule has 1 saturated heterocycles. The van der Waals surface area contributed by atoms with Crippen molar-refractivity contribution in [2.24, 2.45) is 0 Å². The third-order valence-electron chi connectivity index (χ3n) is 6.06. The van der Waals surface area contributed by atoms with Gasteiger partial charge < -0.3 is 19.4 Å². The van der Waals surface area contributed by atoms with Gasteiger partial charge in [-0.3, -0.25) is 9.78 Å². The van der Waals surface area contributed by atoms with Gasteiger partial charge in [-0.1, -0.05) is 6.07 Å². The number of aromatic nitrogens is 3. The van der Waals surface area contributed by atoms with E-state index in [2.05, 4.69) is 38.9 Å². The summed E-state index contributed by atoms with van der Waals surface area (Å²) < 4.78 is 5.93. The van der Waals surface area contributed by atoms with E-state index in [-0.39, 0.29) is 5.91 Å². The molecule has 4 rings (SSSR count). The van der Waals surface area contributed by atoms with E-state index < -0.39 is 0 Å². The molecule has 1 aromatic carbocycles. The van der Waals surface area contributed by atoms with Crippen LogP contribution in [-0.2, 0) is 11.2 Å². The van der Waals surface area contributed by atoms with Gasteiger partial charge >= 0.3 is 0 Å². The fourth-order valence-electron chi connectivity index (χ4n) is 3.82. The van der Waals surface area contributed by atoms with Crippen molar-refractivity contribution in [2.45, 2.75) is 19.8 Å². The zero-order valence-electron chi connectivity index (χ0n) is 20.1. The molecule has 1 fully saturated rings.